The summed E-state index contributed by atoms with van der Waals surface area (Å²) in [7, 11) is 0. The Hall–Kier alpha value is -1.75. The molecule has 0 radical (unpaired) electrons. The van der Waals surface area contributed by atoms with Crippen molar-refractivity contribution < 1.29 is 4.79 Å². The molecule has 0 spiro atoms. The molecule has 1 atom stereocenters. The largest absolute Gasteiger partial charge is 0.398 e. The third kappa shape index (κ3) is 6.24. The van der Waals surface area contributed by atoms with Gasteiger partial charge in [-0.05, 0) is 30.8 Å². The molecule has 0 aliphatic carbocycles. The summed E-state index contributed by atoms with van der Waals surface area (Å²) in [5, 5.41) is 3.03. The monoisotopic (exact) mass is 383 g/mol. The second-order valence-corrected chi connectivity index (χ2v) is 5.44. The van der Waals surface area contributed by atoms with Crippen LogP contribution in [0.3, 0.4) is 0 Å². The lowest BCUT2D eigenvalue weighted by Crippen LogP contribution is -2.38. The number of likely N-dealkylation sites (N-methyl/N-ethyl adjacent to an activating group) is 1. The summed E-state index contributed by atoms with van der Waals surface area (Å²) in [5.41, 5.74) is 8.12. The number of amides is 1. The molecule has 3 N–H and O–H groups in total. The van der Waals surface area contributed by atoms with Crippen LogP contribution in [0, 0.1) is 0 Å². The lowest BCUT2D eigenvalue weighted by atomic mass is 10.0. The molecule has 0 saturated heterocycles. The van der Waals surface area contributed by atoms with Gasteiger partial charge in [-0.1, -0.05) is 56.3 Å². The van der Waals surface area contributed by atoms with Gasteiger partial charge >= 0.3 is 0 Å². The standard InChI is InChI=1S/C19H25N3O.2ClH/c1-3-22(4-2)18(15-10-6-5-7-11-15)14-21-19(23)16-12-8-9-13-17(16)20;;/h5-13,18H,3-4,14,20H2,1-2H3,(H,21,23);2*1H. The molecule has 2 aromatic carbocycles. The van der Waals surface area contributed by atoms with Gasteiger partial charge in [-0.2, -0.15) is 0 Å². The number of nitrogen functional groups attached to an aromatic ring is 1. The zero-order chi connectivity index (χ0) is 16.7. The predicted molar refractivity (Wildman–Crippen MR) is 110 cm³/mol. The average molecular weight is 384 g/mol. The van der Waals surface area contributed by atoms with Gasteiger partial charge < -0.3 is 11.1 Å². The highest BCUT2D eigenvalue weighted by Gasteiger charge is 2.19. The van der Waals surface area contributed by atoms with Crippen molar-refractivity contribution in [1.82, 2.24) is 10.2 Å². The van der Waals surface area contributed by atoms with Gasteiger partial charge in [0, 0.05) is 12.2 Å². The van der Waals surface area contributed by atoms with Crippen LogP contribution >= 0.6 is 24.8 Å². The quantitative estimate of drug-likeness (QED) is 0.712. The van der Waals surface area contributed by atoms with Gasteiger partial charge in [0.05, 0.1) is 11.6 Å². The van der Waals surface area contributed by atoms with E-state index in [9.17, 15) is 4.79 Å². The zero-order valence-electron chi connectivity index (χ0n) is 14.6. The Morgan fingerprint density at radius 3 is 2.12 bits per heavy atom. The number of carbonyl (C=O) groups is 1. The van der Waals surface area contributed by atoms with Gasteiger partial charge in [-0.15, -0.1) is 24.8 Å². The van der Waals surface area contributed by atoms with Gasteiger partial charge in [-0.25, -0.2) is 0 Å². The summed E-state index contributed by atoms with van der Waals surface area (Å²) < 4.78 is 0. The van der Waals surface area contributed by atoms with E-state index in [4.69, 9.17) is 5.73 Å². The molecule has 1 amide bonds. The third-order valence-corrected chi connectivity index (χ3v) is 4.10. The Bertz CT molecular complexity index is 634. The second-order valence-electron chi connectivity index (χ2n) is 5.44. The number of rotatable bonds is 7. The lowest BCUT2D eigenvalue weighted by Gasteiger charge is -2.30. The number of benzene rings is 2. The molecule has 0 fully saturated rings. The number of para-hydroxylation sites is 1. The lowest BCUT2D eigenvalue weighted by molar-refractivity contribution is 0.0936. The van der Waals surface area contributed by atoms with E-state index >= 15 is 0 Å². The highest BCUT2D eigenvalue weighted by Crippen LogP contribution is 2.20. The Labute approximate surface area is 162 Å². The Balaban J connectivity index is 0.00000288. The smallest absolute Gasteiger partial charge is 0.253 e. The second kappa shape index (κ2) is 11.7. The number of nitrogens with one attached hydrogen (secondary N) is 1. The summed E-state index contributed by atoms with van der Waals surface area (Å²) in [6.07, 6.45) is 0. The minimum Gasteiger partial charge on any atom is -0.398 e. The molecule has 0 saturated carbocycles. The third-order valence-electron chi connectivity index (χ3n) is 4.10. The van der Waals surface area contributed by atoms with Crippen LogP contribution in [0.2, 0.25) is 0 Å². The SMILES string of the molecule is CCN(CC)C(CNC(=O)c1ccccc1N)c1ccccc1.Cl.Cl. The molecule has 25 heavy (non-hydrogen) atoms. The summed E-state index contributed by atoms with van der Waals surface area (Å²) in [6, 6.07) is 17.6. The maximum Gasteiger partial charge on any atom is 0.253 e. The van der Waals surface area contributed by atoms with E-state index in [-0.39, 0.29) is 36.8 Å². The van der Waals surface area contributed by atoms with Gasteiger partial charge in [0.15, 0.2) is 0 Å². The normalized spacial score (nSPS) is 11.2. The number of carbonyl (C=O) groups excluding carboxylic acids is 1. The van der Waals surface area contributed by atoms with Crippen molar-refractivity contribution in [3.63, 3.8) is 0 Å². The van der Waals surface area contributed by atoms with E-state index in [1.54, 1.807) is 12.1 Å². The number of hydrogen-bond donors (Lipinski definition) is 2. The molecule has 1 unspecified atom stereocenters. The number of nitrogens with zero attached hydrogens (tertiary/aromatic N) is 1. The summed E-state index contributed by atoms with van der Waals surface area (Å²) in [5.74, 6) is -0.129. The van der Waals surface area contributed by atoms with Crippen molar-refractivity contribution in [2.24, 2.45) is 0 Å². The molecular formula is C19H27Cl2N3O. The maximum atomic E-state index is 12.4. The van der Waals surface area contributed by atoms with Gasteiger partial charge in [0.25, 0.3) is 5.91 Å². The molecule has 2 rings (SSSR count). The van der Waals surface area contributed by atoms with Gasteiger partial charge in [-0.3, -0.25) is 9.69 Å². The minimum absolute atomic E-state index is 0. The molecule has 0 aliphatic heterocycles. The Morgan fingerprint density at radius 1 is 1.00 bits per heavy atom. The average Bonchev–Trinajstić information content (AvgIpc) is 2.59. The van der Waals surface area contributed by atoms with Crippen LogP contribution in [0.1, 0.15) is 35.8 Å². The first-order chi connectivity index (χ1) is 11.2. The van der Waals surface area contributed by atoms with Crippen LogP contribution in [-0.4, -0.2) is 30.4 Å². The molecular weight excluding hydrogens is 357 g/mol. The highest BCUT2D eigenvalue weighted by molar-refractivity contribution is 5.99. The van der Waals surface area contributed by atoms with E-state index < -0.39 is 0 Å². The number of hydrogen-bond acceptors (Lipinski definition) is 3. The fraction of sp³-hybridized carbons (Fsp3) is 0.316. The van der Waals surface area contributed by atoms with E-state index in [2.05, 4.69) is 36.2 Å². The van der Waals surface area contributed by atoms with E-state index in [0.717, 1.165) is 13.1 Å². The highest BCUT2D eigenvalue weighted by atomic mass is 35.5. The van der Waals surface area contributed by atoms with Crippen LogP contribution in [-0.2, 0) is 0 Å². The minimum atomic E-state index is -0.129. The first kappa shape index (κ1) is 23.2. The topological polar surface area (TPSA) is 58.4 Å². The Kier molecular flexibility index (Phi) is 10.9. The molecule has 4 nitrogen and oxygen atoms in total. The van der Waals surface area contributed by atoms with Crippen molar-refractivity contribution in [3.8, 4) is 0 Å². The number of halogens is 2. The number of nitrogens with two attached hydrogens (primary N) is 1. The Morgan fingerprint density at radius 2 is 1.56 bits per heavy atom. The zero-order valence-corrected chi connectivity index (χ0v) is 16.3. The van der Waals surface area contributed by atoms with E-state index in [1.165, 1.54) is 5.56 Å². The first-order valence-corrected chi connectivity index (χ1v) is 8.09. The molecule has 138 valence electrons. The summed E-state index contributed by atoms with van der Waals surface area (Å²) >= 11 is 0. The van der Waals surface area contributed by atoms with Crippen molar-refractivity contribution in [2.45, 2.75) is 19.9 Å². The first-order valence-electron chi connectivity index (χ1n) is 8.09. The molecule has 0 bridgehead atoms. The van der Waals surface area contributed by atoms with Crippen molar-refractivity contribution in [1.29, 1.82) is 0 Å². The van der Waals surface area contributed by atoms with Crippen molar-refractivity contribution in [3.05, 3.63) is 65.7 Å². The van der Waals surface area contributed by atoms with E-state index in [0.29, 0.717) is 17.8 Å². The van der Waals surface area contributed by atoms with E-state index in [1.807, 2.05) is 30.3 Å². The summed E-state index contributed by atoms with van der Waals surface area (Å²) in [4.78, 5) is 14.7. The molecule has 0 aromatic heterocycles. The molecule has 6 heteroatoms. The number of anilines is 1. The van der Waals surface area contributed by atoms with Crippen LogP contribution < -0.4 is 11.1 Å². The van der Waals surface area contributed by atoms with Crippen molar-refractivity contribution in [2.75, 3.05) is 25.4 Å². The van der Waals surface area contributed by atoms with Crippen LogP contribution in [0.5, 0.6) is 0 Å². The van der Waals surface area contributed by atoms with Crippen molar-refractivity contribution >= 4 is 36.4 Å². The fourth-order valence-electron chi connectivity index (χ4n) is 2.79. The van der Waals surface area contributed by atoms with Crippen LogP contribution in [0.15, 0.2) is 54.6 Å². The molecule has 0 heterocycles. The predicted octanol–water partition coefficient (Wildman–Crippen LogP) is 3.93. The maximum absolute atomic E-state index is 12.4. The summed E-state index contributed by atoms with van der Waals surface area (Å²) in [6.45, 7) is 6.69. The van der Waals surface area contributed by atoms with Gasteiger partial charge in [0.1, 0.15) is 0 Å². The van der Waals surface area contributed by atoms with Crippen LogP contribution in [0.4, 0.5) is 5.69 Å². The molecule has 2 aromatic rings. The van der Waals surface area contributed by atoms with Crippen LogP contribution in [0.25, 0.3) is 0 Å². The molecule has 0 aliphatic rings. The fourth-order valence-corrected chi connectivity index (χ4v) is 2.79. The van der Waals surface area contributed by atoms with Gasteiger partial charge in [0.2, 0.25) is 0 Å².